The van der Waals surface area contributed by atoms with Gasteiger partial charge in [-0.3, -0.25) is 33.3 Å². The molecule has 0 aromatic carbocycles. The summed E-state index contributed by atoms with van der Waals surface area (Å²) >= 11 is 0. The number of rotatable bonds is 76. The van der Waals surface area contributed by atoms with Gasteiger partial charge in [0.25, 0.3) is 0 Å². The van der Waals surface area contributed by atoms with Crippen LogP contribution in [0.5, 0.6) is 0 Å². The third kappa shape index (κ3) is 54.4. The van der Waals surface area contributed by atoms with Crippen molar-refractivity contribution in [2.24, 2.45) is 0 Å². The van der Waals surface area contributed by atoms with Gasteiger partial charge < -0.3 is 79.1 Å². The quantitative estimate of drug-likeness (QED) is 0.0118. The summed E-state index contributed by atoms with van der Waals surface area (Å²) in [6, 6.07) is -3.46. The summed E-state index contributed by atoms with van der Waals surface area (Å²) in [6.07, 6.45) is 30.4. The Morgan fingerprint density at radius 1 is 0.372 bits per heavy atom. The van der Waals surface area contributed by atoms with E-state index in [1.807, 2.05) is 0 Å². The maximum absolute atomic E-state index is 15.0. The molecule has 2 amide bonds. The number of unbranched alkanes of at least 4 members (excludes halogenated alkanes) is 44. The van der Waals surface area contributed by atoms with Crippen LogP contribution in [-0.4, -0.2) is 170 Å². The summed E-state index contributed by atoms with van der Waals surface area (Å²) in [5, 5.41) is 63.0. The summed E-state index contributed by atoms with van der Waals surface area (Å²) < 4.78 is 61.5. The standard InChI is InChI=1S/C88H165N2O22P/c1-7-13-19-25-31-35-41-45-51-57-69(92)63-75(94)89-81-85(110-79(98)64-70(93)58-52-46-42-36-32-26-20-14-8-2)83(100)74(108-87(81)101)68-105-88-82(90-76(95)65-71(59-53-47-43-37-33-27-21-15-9-3)106-77(96)61-55-49-39-29-23-17-11-5)86(84(73(67-91)109-88)112-113(102,103)104)111-80(99)66-72(60-54-48-44-38-34-28-22-16-10-4)107-78(97)62-56-50-40-30-24-18-12-6/h69-74,81-88,91-93,100-101H,7-68H2,1-6H3,(H,89,94)(H,90,95)(H2,102,103,104)/t69?,70?,71?,72?,73?,74?,81?,82?,83-,84-,85-,86-,87+,88-/m1/s1. The lowest BCUT2D eigenvalue weighted by Gasteiger charge is -2.46. The zero-order valence-electron chi connectivity index (χ0n) is 71.6. The molecule has 2 fully saturated rings. The highest BCUT2D eigenvalue weighted by Gasteiger charge is 2.54. The number of aliphatic hydroxyl groups is 5. The molecule has 24 nitrogen and oxygen atoms in total. The van der Waals surface area contributed by atoms with Gasteiger partial charge in [0.05, 0.1) is 51.1 Å². The fourth-order valence-electron chi connectivity index (χ4n) is 15.3. The van der Waals surface area contributed by atoms with Crippen LogP contribution >= 0.6 is 7.82 Å². The van der Waals surface area contributed by atoms with Gasteiger partial charge in [-0.15, -0.1) is 0 Å². The number of amides is 2. The van der Waals surface area contributed by atoms with E-state index in [4.69, 9.17) is 37.7 Å². The lowest BCUT2D eigenvalue weighted by Crippen LogP contribution is -2.68. The summed E-state index contributed by atoms with van der Waals surface area (Å²) in [7, 11) is -5.61. The number of carbonyl (C=O) groups is 6. The van der Waals surface area contributed by atoms with Crippen molar-refractivity contribution < 1.29 is 106 Å². The second-order valence-corrected chi connectivity index (χ2v) is 34.0. The molecule has 0 spiro atoms. The summed E-state index contributed by atoms with van der Waals surface area (Å²) in [4.78, 5) is 106. The van der Waals surface area contributed by atoms with Crippen molar-refractivity contribution in [3.05, 3.63) is 0 Å². The van der Waals surface area contributed by atoms with Crippen LogP contribution in [0.25, 0.3) is 0 Å². The van der Waals surface area contributed by atoms with E-state index >= 15 is 4.79 Å². The Hall–Kier alpha value is -3.39. The maximum atomic E-state index is 15.0. The van der Waals surface area contributed by atoms with Crippen LogP contribution in [-0.2, 0) is 71.0 Å². The van der Waals surface area contributed by atoms with E-state index in [0.717, 1.165) is 225 Å². The second-order valence-electron chi connectivity index (χ2n) is 32.8. The number of ether oxygens (including phenoxy) is 7. The van der Waals surface area contributed by atoms with Crippen molar-refractivity contribution in [3.8, 4) is 0 Å². The first-order valence-electron chi connectivity index (χ1n) is 46.0. The highest BCUT2D eigenvalue weighted by molar-refractivity contribution is 7.46. The van der Waals surface area contributed by atoms with Crippen LogP contribution in [0, 0.1) is 0 Å². The van der Waals surface area contributed by atoms with Gasteiger partial charge in [0.2, 0.25) is 11.8 Å². The van der Waals surface area contributed by atoms with Crippen molar-refractivity contribution in [1.29, 1.82) is 0 Å². The van der Waals surface area contributed by atoms with Gasteiger partial charge in [0, 0.05) is 12.8 Å². The summed E-state index contributed by atoms with van der Waals surface area (Å²) in [5.41, 5.74) is 0. The average Bonchev–Trinajstić information content (AvgIpc) is 0.782. The molecule has 113 heavy (non-hydrogen) atoms. The Kier molecular flexibility index (Phi) is 64.9. The predicted octanol–water partition coefficient (Wildman–Crippen LogP) is 18.1. The molecule has 8 unspecified atom stereocenters. The average molecular weight is 1630 g/mol. The number of phosphoric ester groups is 1. The van der Waals surface area contributed by atoms with Crippen molar-refractivity contribution in [2.45, 2.75) is 512 Å². The lowest BCUT2D eigenvalue weighted by molar-refractivity contribution is -0.298. The van der Waals surface area contributed by atoms with Crippen LogP contribution in [0.15, 0.2) is 0 Å². The first-order valence-corrected chi connectivity index (χ1v) is 47.5. The van der Waals surface area contributed by atoms with Gasteiger partial charge in [-0.25, -0.2) is 4.57 Å². The van der Waals surface area contributed by atoms with E-state index in [1.165, 1.54) is 57.8 Å². The molecule has 0 saturated carbocycles. The number of hydrogen-bond donors (Lipinski definition) is 9. The SMILES string of the molecule is CCCCCCCCCCCC(O)CC(=O)NC1[C@@H](OC(=O)CC(O)CCCCCCCCCCC)[C@H](O)C(CO[C@@H]2OC(CO)[C@@H](OP(=O)(O)O)[C@H](OC(=O)CC(CCCCCCCCCCC)OC(=O)CCCCCCCCC)C2NC(=O)CC(CCCCCCCCCCC)OC(=O)CCCCCCCCC)O[C@@H]1O. The minimum absolute atomic E-state index is 0.107. The largest absolute Gasteiger partial charge is 0.470 e. The van der Waals surface area contributed by atoms with Gasteiger partial charge >= 0.3 is 31.7 Å². The fourth-order valence-corrected chi connectivity index (χ4v) is 15.9. The van der Waals surface area contributed by atoms with Crippen molar-refractivity contribution in [3.63, 3.8) is 0 Å². The molecule has 14 atom stereocenters. The zero-order valence-corrected chi connectivity index (χ0v) is 72.5. The zero-order chi connectivity index (χ0) is 83.0. The molecule has 0 bridgehead atoms. The summed E-state index contributed by atoms with van der Waals surface area (Å²) in [5.74, 6) is -4.58. The molecule has 2 rings (SSSR count). The topological polar surface area (TPSA) is 359 Å². The molecule has 0 aromatic rings. The Morgan fingerprint density at radius 2 is 0.699 bits per heavy atom. The van der Waals surface area contributed by atoms with Crippen LogP contribution in [0.2, 0.25) is 0 Å². The van der Waals surface area contributed by atoms with Crippen molar-refractivity contribution in [2.75, 3.05) is 13.2 Å². The third-order valence-electron chi connectivity index (χ3n) is 22.1. The molecule has 0 aromatic heterocycles. The van der Waals surface area contributed by atoms with E-state index < -0.39 is 168 Å². The molecule has 25 heteroatoms. The van der Waals surface area contributed by atoms with Gasteiger partial charge in [0.1, 0.15) is 48.7 Å². The number of aliphatic hydroxyl groups excluding tert-OH is 5. The van der Waals surface area contributed by atoms with Crippen LogP contribution in [0.1, 0.15) is 427 Å². The minimum Gasteiger partial charge on any atom is -0.462 e. The first kappa shape index (κ1) is 106. The number of nitrogens with one attached hydrogen (secondary N) is 2. The Morgan fingerprint density at radius 3 is 1.09 bits per heavy atom. The molecule has 9 N–H and O–H groups in total. The minimum atomic E-state index is -5.61. The second kappa shape index (κ2) is 69.4. The number of carbonyl (C=O) groups excluding carboxylic acids is 6. The highest BCUT2D eigenvalue weighted by Crippen LogP contribution is 2.43. The third-order valence-corrected chi connectivity index (χ3v) is 22.6. The van der Waals surface area contributed by atoms with Crippen molar-refractivity contribution >= 4 is 43.5 Å². The molecular weight excluding hydrogens is 1470 g/mol. The normalized spacial score (nSPS) is 21.0. The predicted molar refractivity (Wildman–Crippen MR) is 442 cm³/mol. The first-order chi connectivity index (χ1) is 54.6. The molecule has 0 radical (unpaired) electrons. The smallest absolute Gasteiger partial charge is 0.462 e. The molecule has 2 aliphatic rings. The van der Waals surface area contributed by atoms with Crippen LogP contribution < -0.4 is 10.6 Å². The summed E-state index contributed by atoms with van der Waals surface area (Å²) in [6.45, 7) is 11.1. The van der Waals surface area contributed by atoms with E-state index in [1.54, 1.807) is 0 Å². The van der Waals surface area contributed by atoms with Gasteiger partial charge in [0.15, 0.2) is 24.8 Å². The van der Waals surface area contributed by atoms with E-state index in [9.17, 15) is 63.9 Å². The molecular formula is C88H165N2O22P. The van der Waals surface area contributed by atoms with Gasteiger partial charge in [-0.2, -0.15) is 0 Å². The molecule has 0 aliphatic carbocycles. The fraction of sp³-hybridized carbons (Fsp3) is 0.932. The molecule has 2 heterocycles. The maximum Gasteiger partial charge on any atom is 0.470 e. The van der Waals surface area contributed by atoms with Gasteiger partial charge in [-0.05, 0) is 51.4 Å². The molecule has 664 valence electrons. The van der Waals surface area contributed by atoms with E-state index in [0.29, 0.717) is 51.4 Å². The number of phosphoric acid groups is 1. The number of hydrogen-bond acceptors (Lipinski definition) is 20. The number of esters is 4. The Bertz CT molecular complexity index is 2410. The van der Waals surface area contributed by atoms with Crippen LogP contribution in [0.4, 0.5) is 0 Å². The monoisotopic (exact) mass is 1630 g/mol. The highest BCUT2D eigenvalue weighted by atomic mass is 31.2. The Labute approximate surface area is 683 Å². The molecule has 2 aliphatic heterocycles. The Balaban J connectivity index is 2.73. The molecule has 2 saturated heterocycles. The van der Waals surface area contributed by atoms with E-state index in [-0.39, 0.29) is 25.7 Å². The lowest BCUT2D eigenvalue weighted by atomic mass is 9.95. The van der Waals surface area contributed by atoms with Crippen LogP contribution in [0.3, 0.4) is 0 Å². The van der Waals surface area contributed by atoms with E-state index in [2.05, 4.69) is 52.2 Å². The van der Waals surface area contributed by atoms with Gasteiger partial charge in [-0.1, -0.05) is 337 Å². The van der Waals surface area contributed by atoms with Crippen molar-refractivity contribution in [1.82, 2.24) is 10.6 Å².